The minimum Gasteiger partial charge on any atom is -0.245 e. The third kappa shape index (κ3) is 2.81. The number of rotatable bonds is 2. The highest BCUT2D eigenvalue weighted by Gasteiger charge is 1.97. The van der Waals surface area contributed by atoms with Crippen LogP contribution in [0.1, 0.15) is 11.3 Å². The summed E-state index contributed by atoms with van der Waals surface area (Å²) < 4.78 is 0. The van der Waals surface area contributed by atoms with Gasteiger partial charge in [-0.15, -0.1) is 0 Å². The molecule has 0 aliphatic heterocycles. The van der Waals surface area contributed by atoms with E-state index in [-0.39, 0.29) is 0 Å². The van der Waals surface area contributed by atoms with Crippen molar-refractivity contribution in [3.63, 3.8) is 0 Å². The van der Waals surface area contributed by atoms with Crippen LogP contribution in [-0.2, 0) is 0 Å². The van der Waals surface area contributed by atoms with Gasteiger partial charge in [-0.25, -0.2) is 9.97 Å². The van der Waals surface area contributed by atoms with E-state index in [2.05, 4.69) is 9.97 Å². The van der Waals surface area contributed by atoms with Crippen LogP contribution in [0.3, 0.4) is 0 Å². The Morgan fingerprint density at radius 1 is 1.06 bits per heavy atom. The van der Waals surface area contributed by atoms with Gasteiger partial charge in [0.25, 0.3) is 0 Å². The molecule has 16 heavy (non-hydrogen) atoms. The van der Waals surface area contributed by atoms with E-state index in [0.29, 0.717) is 10.0 Å². The molecule has 0 aliphatic rings. The number of nitrogens with zero attached hydrogens (tertiary/aromatic N) is 2. The largest absolute Gasteiger partial charge is 0.245 e. The van der Waals surface area contributed by atoms with Gasteiger partial charge in [0.05, 0.1) is 5.69 Å². The Morgan fingerprint density at radius 2 is 1.94 bits per heavy atom. The molecule has 2 rings (SSSR count). The molecule has 0 unspecified atom stereocenters. The molecule has 4 heteroatoms. The summed E-state index contributed by atoms with van der Waals surface area (Å²) in [6.45, 7) is 0. The highest BCUT2D eigenvalue weighted by atomic mass is 35.5. The molecule has 1 aromatic heterocycles. The van der Waals surface area contributed by atoms with Crippen molar-refractivity contribution in [2.75, 3.05) is 0 Å². The average molecular weight is 251 g/mol. The Balaban J connectivity index is 2.24. The van der Waals surface area contributed by atoms with Crippen molar-refractivity contribution in [1.82, 2.24) is 9.97 Å². The van der Waals surface area contributed by atoms with Gasteiger partial charge in [-0.2, -0.15) is 0 Å². The van der Waals surface area contributed by atoms with Crippen molar-refractivity contribution in [2.24, 2.45) is 0 Å². The predicted octanol–water partition coefficient (Wildman–Crippen LogP) is 3.95. The number of benzene rings is 1. The lowest BCUT2D eigenvalue weighted by atomic mass is 10.2. The minimum atomic E-state index is 0.623. The van der Waals surface area contributed by atoms with Gasteiger partial charge in [0.15, 0.2) is 0 Å². The molecule has 0 saturated carbocycles. The Kier molecular flexibility index (Phi) is 3.54. The SMILES string of the molecule is Clc1ccc(C=Cc2ccncn2)c(Cl)c1. The molecular weight excluding hydrogens is 243 g/mol. The lowest BCUT2D eigenvalue weighted by Gasteiger charge is -1.98. The van der Waals surface area contributed by atoms with Gasteiger partial charge >= 0.3 is 0 Å². The first-order chi connectivity index (χ1) is 7.75. The fraction of sp³-hybridized carbons (Fsp3) is 0. The molecular formula is C12H8Cl2N2. The van der Waals surface area contributed by atoms with E-state index in [1.54, 1.807) is 18.3 Å². The second kappa shape index (κ2) is 5.10. The lowest BCUT2D eigenvalue weighted by molar-refractivity contribution is 1.15. The third-order valence-corrected chi connectivity index (χ3v) is 2.56. The van der Waals surface area contributed by atoms with Crippen LogP contribution in [0.25, 0.3) is 12.2 Å². The van der Waals surface area contributed by atoms with Crippen molar-refractivity contribution in [1.29, 1.82) is 0 Å². The topological polar surface area (TPSA) is 25.8 Å². The van der Waals surface area contributed by atoms with Crippen molar-refractivity contribution >= 4 is 35.4 Å². The zero-order chi connectivity index (χ0) is 11.4. The van der Waals surface area contributed by atoms with Gasteiger partial charge in [0, 0.05) is 16.2 Å². The van der Waals surface area contributed by atoms with E-state index < -0.39 is 0 Å². The Morgan fingerprint density at radius 3 is 2.62 bits per heavy atom. The van der Waals surface area contributed by atoms with Crippen LogP contribution in [0.2, 0.25) is 10.0 Å². The average Bonchev–Trinajstić information content (AvgIpc) is 2.29. The molecule has 1 aromatic carbocycles. The molecule has 1 heterocycles. The number of hydrogen-bond acceptors (Lipinski definition) is 2. The number of halogens is 2. The van der Waals surface area contributed by atoms with Gasteiger partial charge in [-0.3, -0.25) is 0 Å². The molecule has 0 amide bonds. The quantitative estimate of drug-likeness (QED) is 0.807. The summed E-state index contributed by atoms with van der Waals surface area (Å²) in [5, 5.41) is 1.25. The maximum atomic E-state index is 6.03. The molecule has 0 bridgehead atoms. The van der Waals surface area contributed by atoms with Crippen LogP contribution in [0.4, 0.5) is 0 Å². The summed E-state index contributed by atoms with van der Waals surface area (Å²) in [6, 6.07) is 7.19. The summed E-state index contributed by atoms with van der Waals surface area (Å²) >= 11 is 11.8. The minimum absolute atomic E-state index is 0.623. The number of aromatic nitrogens is 2. The lowest BCUT2D eigenvalue weighted by Crippen LogP contribution is -1.80. The van der Waals surface area contributed by atoms with Gasteiger partial charge in [-0.1, -0.05) is 35.3 Å². The van der Waals surface area contributed by atoms with Crippen LogP contribution in [0.15, 0.2) is 36.8 Å². The van der Waals surface area contributed by atoms with Crippen LogP contribution in [0.5, 0.6) is 0 Å². The Hall–Kier alpha value is -1.38. The van der Waals surface area contributed by atoms with Crippen LogP contribution in [0, 0.1) is 0 Å². The van der Waals surface area contributed by atoms with E-state index in [1.807, 2.05) is 24.3 Å². The molecule has 80 valence electrons. The van der Waals surface area contributed by atoms with Crippen LogP contribution >= 0.6 is 23.2 Å². The van der Waals surface area contributed by atoms with Crippen molar-refractivity contribution in [2.45, 2.75) is 0 Å². The van der Waals surface area contributed by atoms with Crippen molar-refractivity contribution in [3.05, 3.63) is 58.1 Å². The molecule has 0 saturated heterocycles. The summed E-state index contributed by atoms with van der Waals surface area (Å²) in [5.41, 5.74) is 1.74. The maximum Gasteiger partial charge on any atom is 0.115 e. The smallest absolute Gasteiger partial charge is 0.115 e. The Bertz CT molecular complexity index is 510. The summed E-state index contributed by atoms with van der Waals surface area (Å²) in [5.74, 6) is 0. The van der Waals surface area contributed by atoms with E-state index in [9.17, 15) is 0 Å². The van der Waals surface area contributed by atoms with E-state index in [4.69, 9.17) is 23.2 Å². The zero-order valence-electron chi connectivity index (χ0n) is 8.27. The fourth-order valence-corrected chi connectivity index (χ4v) is 1.68. The summed E-state index contributed by atoms with van der Waals surface area (Å²) in [6.07, 6.45) is 6.96. The van der Waals surface area contributed by atoms with Crippen LogP contribution < -0.4 is 0 Å². The second-order valence-electron chi connectivity index (χ2n) is 3.13. The van der Waals surface area contributed by atoms with Gasteiger partial charge < -0.3 is 0 Å². The van der Waals surface area contributed by atoms with E-state index in [1.165, 1.54) is 6.33 Å². The molecule has 0 spiro atoms. The van der Waals surface area contributed by atoms with Gasteiger partial charge in [0.2, 0.25) is 0 Å². The molecule has 0 N–H and O–H groups in total. The highest BCUT2D eigenvalue weighted by Crippen LogP contribution is 2.22. The molecule has 0 atom stereocenters. The monoisotopic (exact) mass is 250 g/mol. The molecule has 2 nitrogen and oxygen atoms in total. The molecule has 2 aromatic rings. The molecule has 0 aliphatic carbocycles. The van der Waals surface area contributed by atoms with E-state index in [0.717, 1.165) is 11.3 Å². The first-order valence-corrected chi connectivity index (χ1v) is 5.40. The van der Waals surface area contributed by atoms with Gasteiger partial charge in [0.1, 0.15) is 6.33 Å². The zero-order valence-corrected chi connectivity index (χ0v) is 9.78. The Labute approximate surface area is 104 Å². The normalized spacial score (nSPS) is 10.9. The summed E-state index contributed by atoms with van der Waals surface area (Å²) in [4.78, 5) is 7.91. The third-order valence-electron chi connectivity index (χ3n) is 2.00. The fourth-order valence-electron chi connectivity index (χ4n) is 1.21. The summed E-state index contributed by atoms with van der Waals surface area (Å²) in [7, 11) is 0. The highest BCUT2D eigenvalue weighted by molar-refractivity contribution is 6.35. The first-order valence-electron chi connectivity index (χ1n) is 4.65. The maximum absolute atomic E-state index is 6.03. The van der Waals surface area contributed by atoms with Gasteiger partial charge in [-0.05, 0) is 29.8 Å². The van der Waals surface area contributed by atoms with E-state index >= 15 is 0 Å². The molecule has 0 fully saturated rings. The second-order valence-corrected chi connectivity index (χ2v) is 3.98. The van der Waals surface area contributed by atoms with Crippen LogP contribution in [-0.4, -0.2) is 9.97 Å². The molecule has 0 radical (unpaired) electrons. The standard InChI is InChI=1S/C12H8Cl2N2/c13-10-3-1-9(12(14)7-10)2-4-11-5-6-15-8-16-11/h1-8H. The predicted molar refractivity (Wildman–Crippen MR) is 67.4 cm³/mol. The number of hydrogen-bond donors (Lipinski definition) is 0. The van der Waals surface area contributed by atoms with Crippen molar-refractivity contribution < 1.29 is 0 Å². The first kappa shape index (κ1) is 11.1. The van der Waals surface area contributed by atoms with Crippen molar-refractivity contribution in [3.8, 4) is 0 Å².